The van der Waals surface area contributed by atoms with Gasteiger partial charge in [-0.05, 0) is 19.1 Å². The number of hydrogen-bond acceptors (Lipinski definition) is 3. The Labute approximate surface area is 84.5 Å². The Hall–Kier alpha value is -1.22. The van der Waals surface area contributed by atoms with E-state index in [1.165, 1.54) is 0 Å². The zero-order valence-electron chi connectivity index (χ0n) is 8.42. The minimum absolute atomic E-state index is 0.576. The fraction of sp³-hybridized carbons (Fsp3) is 0.455. The van der Waals surface area contributed by atoms with E-state index in [1.807, 2.05) is 25.1 Å². The molecule has 0 unspecified atom stereocenters. The molecule has 1 fully saturated rings. The maximum Gasteiger partial charge on any atom is 0.121 e. The van der Waals surface area contributed by atoms with Gasteiger partial charge in [0.2, 0.25) is 0 Å². The normalized spacial score (nSPS) is 16.1. The Kier molecular flexibility index (Phi) is 2.89. The van der Waals surface area contributed by atoms with Gasteiger partial charge in [-0.1, -0.05) is 6.07 Å². The molecule has 0 spiro atoms. The van der Waals surface area contributed by atoms with Crippen molar-refractivity contribution in [3.05, 3.63) is 24.3 Å². The van der Waals surface area contributed by atoms with Crippen molar-refractivity contribution in [1.29, 1.82) is 0 Å². The Morgan fingerprint density at radius 3 is 3.00 bits per heavy atom. The standard InChI is InChI=1S/C11H16N2O/c1-2-14-11-5-3-4-9(6-11)13-10-7-12-8-10/h3-6,10,12-13H,2,7-8H2,1H3. The molecule has 0 bridgehead atoms. The predicted octanol–water partition coefficient (Wildman–Crippen LogP) is 1.47. The molecule has 3 heteroatoms. The largest absolute Gasteiger partial charge is 0.494 e. The average Bonchev–Trinajstić information content (AvgIpc) is 2.13. The van der Waals surface area contributed by atoms with Crippen LogP contribution in [0.1, 0.15) is 6.92 Å². The third-order valence-electron chi connectivity index (χ3n) is 2.30. The summed E-state index contributed by atoms with van der Waals surface area (Å²) in [6.07, 6.45) is 0. The maximum absolute atomic E-state index is 5.42. The number of benzene rings is 1. The van der Waals surface area contributed by atoms with Crippen molar-refractivity contribution in [3.63, 3.8) is 0 Å². The molecule has 1 aliphatic heterocycles. The van der Waals surface area contributed by atoms with Crippen LogP contribution >= 0.6 is 0 Å². The molecule has 2 rings (SSSR count). The van der Waals surface area contributed by atoms with Gasteiger partial charge >= 0.3 is 0 Å². The number of anilines is 1. The first-order chi connectivity index (χ1) is 6.88. The minimum Gasteiger partial charge on any atom is -0.494 e. The second-order valence-corrected chi connectivity index (χ2v) is 3.46. The molecule has 76 valence electrons. The highest BCUT2D eigenvalue weighted by atomic mass is 16.5. The van der Waals surface area contributed by atoms with Gasteiger partial charge in [0.15, 0.2) is 0 Å². The lowest BCUT2D eigenvalue weighted by Gasteiger charge is -2.29. The summed E-state index contributed by atoms with van der Waals surface area (Å²) in [6.45, 7) is 4.82. The molecule has 14 heavy (non-hydrogen) atoms. The van der Waals surface area contributed by atoms with E-state index in [0.29, 0.717) is 12.6 Å². The molecule has 0 radical (unpaired) electrons. The van der Waals surface area contributed by atoms with Crippen LogP contribution in [0.15, 0.2) is 24.3 Å². The van der Waals surface area contributed by atoms with Crippen molar-refractivity contribution in [2.45, 2.75) is 13.0 Å². The highest BCUT2D eigenvalue weighted by molar-refractivity contribution is 5.49. The van der Waals surface area contributed by atoms with Gasteiger partial charge < -0.3 is 15.4 Å². The van der Waals surface area contributed by atoms with Gasteiger partial charge in [-0.15, -0.1) is 0 Å². The summed E-state index contributed by atoms with van der Waals surface area (Å²) in [6, 6.07) is 8.68. The van der Waals surface area contributed by atoms with Gasteiger partial charge in [-0.25, -0.2) is 0 Å². The fourth-order valence-electron chi connectivity index (χ4n) is 1.47. The summed E-state index contributed by atoms with van der Waals surface area (Å²) < 4.78 is 5.42. The van der Waals surface area contributed by atoms with Crippen LogP contribution in [0.2, 0.25) is 0 Å². The lowest BCUT2D eigenvalue weighted by molar-refractivity contribution is 0.340. The third kappa shape index (κ3) is 2.17. The van der Waals surface area contributed by atoms with E-state index in [1.54, 1.807) is 0 Å². The van der Waals surface area contributed by atoms with Crippen molar-refractivity contribution < 1.29 is 4.74 Å². The van der Waals surface area contributed by atoms with Crippen molar-refractivity contribution >= 4 is 5.69 Å². The molecule has 0 aliphatic carbocycles. The van der Waals surface area contributed by atoms with Gasteiger partial charge in [0.05, 0.1) is 12.6 Å². The first-order valence-corrected chi connectivity index (χ1v) is 5.08. The second kappa shape index (κ2) is 4.33. The zero-order valence-corrected chi connectivity index (χ0v) is 8.42. The van der Waals surface area contributed by atoms with Crippen LogP contribution in [-0.4, -0.2) is 25.7 Å². The summed E-state index contributed by atoms with van der Waals surface area (Å²) in [4.78, 5) is 0. The van der Waals surface area contributed by atoms with Crippen molar-refractivity contribution in [1.82, 2.24) is 5.32 Å². The van der Waals surface area contributed by atoms with Gasteiger partial charge in [-0.3, -0.25) is 0 Å². The summed E-state index contributed by atoms with van der Waals surface area (Å²) in [7, 11) is 0. The maximum atomic E-state index is 5.42. The molecule has 1 aromatic rings. The van der Waals surface area contributed by atoms with E-state index in [-0.39, 0.29) is 0 Å². The number of rotatable bonds is 4. The van der Waals surface area contributed by atoms with E-state index in [2.05, 4.69) is 16.7 Å². The van der Waals surface area contributed by atoms with Gasteiger partial charge in [0.1, 0.15) is 5.75 Å². The lowest BCUT2D eigenvalue weighted by Crippen LogP contribution is -2.51. The van der Waals surface area contributed by atoms with Crippen molar-refractivity contribution in [2.24, 2.45) is 0 Å². The molecule has 0 aromatic heterocycles. The average molecular weight is 192 g/mol. The van der Waals surface area contributed by atoms with E-state index in [4.69, 9.17) is 4.74 Å². The van der Waals surface area contributed by atoms with E-state index in [9.17, 15) is 0 Å². The van der Waals surface area contributed by atoms with Gasteiger partial charge in [0, 0.05) is 24.8 Å². The molecule has 1 heterocycles. The van der Waals surface area contributed by atoms with E-state index >= 15 is 0 Å². The molecular weight excluding hydrogens is 176 g/mol. The molecule has 0 atom stereocenters. The Morgan fingerprint density at radius 2 is 2.36 bits per heavy atom. The lowest BCUT2D eigenvalue weighted by atomic mass is 10.1. The fourth-order valence-corrected chi connectivity index (χ4v) is 1.47. The van der Waals surface area contributed by atoms with Crippen LogP contribution in [0.4, 0.5) is 5.69 Å². The second-order valence-electron chi connectivity index (χ2n) is 3.46. The van der Waals surface area contributed by atoms with Gasteiger partial charge in [-0.2, -0.15) is 0 Å². The molecule has 0 amide bonds. The van der Waals surface area contributed by atoms with Crippen molar-refractivity contribution in [3.8, 4) is 5.75 Å². The first-order valence-electron chi connectivity index (χ1n) is 5.08. The number of hydrogen-bond donors (Lipinski definition) is 2. The summed E-state index contributed by atoms with van der Waals surface area (Å²) in [5, 5.41) is 6.66. The molecule has 1 aromatic carbocycles. The molecule has 3 nitrogen and oxygen atoms in total. The van der Waals surface area contributed by atoms with Gasteiger partial charge in [0.25, 0.3) is 0 Å². The van der Waals surface area contributed by atoms with E-state index in [0.717, 1.165) is 24.5 Å². The Balaban J connectivity index is 1.97. The topological polar surface area (TPSA) is 33.3 Å². The smallest absolute Gasteiger partial charge is 0.121 e. The van der Waals surface area contributed by atoms with Crippen LogP contribution in [0, 0.1) is 0 Å². The molecule has 0 saturated carbocycles. The van der Waals surface area contributed by atoms with Crippen LogP contribution in [0.3, 0.4) is 0 Å². The zero-order chi connectivity index (χ0) is 9.80. The third-order valence-corrected chi connectivity index (χ3v) is 2.30. The molecule has 1 saturated heterocycles. The predicted molar refractivity (Wildman–Crippen MR) is 57.9 cm³/mol. The van der Waals surface area contributed by atoms with Crippen LogP contribution < -0.4 is 15.4 Å². The van der Waals surface area contributed by atoms with Crippen LogP contribution in [-0.2, 0) is 0 Å². The number of nitrogens with one attached hydrogen (secondary N) is 2. The summed E-state index contributed by atoms with van der Waals surface area (Å²) in [5.41, 5.74) is 1.14. The number of ether oxygens (including phenoxy) is 1. The Bertz CT molecular complexity index is 297. The summed E-state index contributed by atoms with van der Waals surface area (Å²) >= 11 is 0. The monoisotopic (exact) mass is 192 g/mol. The molecular formula is C11H16N2O. The quantitative estimate of drug-likeness (QED) is 0.758. The summed E-state index contributed by atoms with van der Waals surface area (Å²) in [5.74, 6) is 0.935. The van der Waals surface area contributed by atoms with Crippen molar-refractivity contribution in [2.75, 3.05) is 25.0 Å². The molecule has 2 N–H and O–H groups in total. The van der Waals surface area contributed by atoms with E-state index < -0.39 is 0 Å². The minimum atomic E-state index is 0.576. The first kappa shape index (κ1) is 9.34. The van der Waals surface area contributed by atoms with Crippen LogP contribution in [0.5, 0.6) is 5.75 Å². The van der Waals surface area contributed by atoms with Crippen LogP contribution in [0.25, 0.3) is 0 Å². The highest BCUT2D eigenvalue weighted by Gasteiger charge is 2.15. The molecule has 1 aliphatic rings. The highest BCUT2D eigenvalue weighted by Crippen LogP contribution is 2.18. The Morgan fingerprint density at radius 1 is 1.50 bits per heavy atom. The SMILES string of the molecule is CCOc1cccc(NC2CNC2)c1.